The molecule has 0 bridgehead atoms. The number of halogens is 1. The van der Waals surface area contributed by atoms with Crippen LogP contribution in [0.4, 0.5) is 0 Å². The van der Waals surface area contributed by atoms with Crippen molar-refractivity contribution in [2.75, 3.05) is 0 Å². The van der Waals surface area contributed by atoms with Crippen LogP contribution in [0.5, 0.6) is 0 Å². The van der Waals surface area contributed by atoms with Gasteiger partial charge in [0, 0.05) is 15.6 Å². The molecule has 0 radical (unpaired) electrons. The van der Waals surface area contributed by atoms with Gasteiger partial charge in [-0.05, 0) is 42.9 Å². The lowest BCUT2D eigenvalue weighted by molar-refractivity contribution is 0.0702. The van der Waals surface area contributed by atoms with Gasteiger partial charge < -0.3 is 5.11 Å². The Hall–Kier alpha value is -2.48. The lowest BCUT2D eigenvalue weighted by atomic mass is 10.1. The molecule has 130 valence electrons. The van der Waals surface area contributed by atoms with Crippen LogP contribution in [-0.2, 0) is 0 Å². The number of benzene rings is 2. The number of aromatic nitrogens is 3. The van der Waals surface area contributed by atoms with Crippen molar-refractivity contribution in [2.45, 2.75) is 6.92 Å². The summed E-state index contributed by atoms with van der Waals surface area (Å²) in [6.07, 6.45) is 0. The summed E-state index contributed by atoms with van der Waals surface area (Å²) in [6.45, 7) is 2.01. The normalized spacial score (nSPS) is 11.2. The molecule has 26 heavy (non-hydrogen) atoms. The first-order valence-corrected chi connectivity index (χ1v) is 9.27. The minimum atomic E-state index is -1.03. The van der Waals surface area contributed by atoms with Crippen LogP contribution in [0, 0.1) is 11.7 Å². The third kappa shape index (κ3) is 2.65. The molecule has 2 N–H and O–H groups in total. The highest BCUT2D eigenvalue weighted by Gasteiger charge is 2.18. The van der Waals surface area contributed by atoms with Gasteiger partial charge in [0.05, 0.1) is 10.7 Å². The van der Waals surface area contributed by atoms with E-state index >= 15 is 0 Å². The average molecular weight is 402 g/mol. The molecule has 0 spiro atoms. The second-order valence-corrected chi connectivity index (χ2v) is 7.55. The Labute approximate surface area is 162 Å². The first-order valence-electron chi connectivity index (χ1n) is 7.66. The van der Waals surface area contributed by atoms with E-state index in [0.717, 1.165) is 32.9 Å². The number of aromatic amines is 1. The minimum absolute atomic E-state index is 0.133. The Morgan fingerprint density at radius 1 is 1.31 bits per heavy atom. The van der Waals surface area contributed by atoms with E-state index in [1.807, 2.05) is 54.0 Å². The SMILES string of the molecule is Cc1ccccc1-c1n[nH]c(=S)n1-c1ccc2c(Cl)c(C(=O)O)sc2c1. The number of H-pyrrole nitrogens is 1. The monoisotopic (exact) mass is 401 g/mol. The quantitative estimate of drug-likeness (QED) is 0.446. The van der Waals surface area contributed by atoms with Crippen LogP contribution >= 0.6 is 35.2 Å². The van der Waals surface area contributed by atoms with E-state index < -0.39 is 5.97 Å². The molecule has 0 amide bonds. The van der Waals surface area contributed by atoms with Crippen molar-refractivity contribution in [3.63, 3.8) is 0 Å². The molecule has 5 nitrogen and oxygen atoms in total. The predicted molar refractivity (Wildman–Crippen MR) is 106 cm³/mol. The molecule has 8 heteroatoms. The van der Waals surface area contributed by atoms with Gasteiger partial charge in [-0.2, -0.15) is 5.10 Å². The van der Waals surface area contributed by atoms with Crippen LogP contribution in [0.1, 0.15) is 15.2 Å². The van der Waals surface area contributed by atoms with Crippen LogP contribution in [0.15, 0.2) is 42.5 Å². The molecule has 2 aromatic heterocycles. The topological polar surface area (TPSA) is 70.9 Å². The maximum absolute atomic E-state index is 11.3. The van der Waals surface area contributed by atoms with Gasteiger partial charge in [0.1, 0.15) is 4.88 Å². The van der Waals surface area contributed by atoms with Gasteiger partial charge in [0.2, 0.25) is 0 Å². The van der Waals surface area contributed by atoms with E-state index in [4.69, 9.17) is 23.8 Å². The van der Waals surface area contributed by atoms with Gasteiger partial charge in [-0.25, -0.2) is 4.79 Å². The Bertz CT molecular complexity index is 1220. The number of rotatable bonds is 3. The summed E-state index contributed by atoms with van der Waals surface area (Å²) in [5, 5.41) is 17.5. The van der Waals surface area contributed by atoms with E-state index in [0.29, 0.717) is 16.0 Å². The van der Waals surface area contributed by atoms with Gasteiger partial charge in [0.15, 0.2) is 10.6 Å². The van der Waals surface area contributed by atoms with Crippen molar-refractivity contribution >= 4 is 51.2 Å². The molecular formula is C18H12ClN3O2S2. The first kappa shape index (κ1) is 17.0. The summed E-state index contributed by atoms with van der Waals surface area (Å²) in [6, 6.07) is 13.5. The maximum Gasteiger partial charge on any atom is 0.347 e. The number of hydrogen-bond donors (Lipinski definition) is 2. The lowest BCUT2D eigenvalue weighted by Crippen LogP contribution is -1.98. The lowest BCUT2D eigenvalue weighted by Gasteiger charge is -2.09. The second kappa shape index (κ2) is 6.35. The molecule has 0 unspecified atom stereocenters. The number of aromatic carboxylic acids is 1. The number of hydrogen-bond acceptors (Lipinski definition) is 4. The third-order valence-electron chi connectivity index (χ3n) is 4.12. The summed E-state index contributed by atoms with van der Waals surface area (Å²) in [4.78, 5) is 11.5. The summed E-state index contributed by atoms with van der Waals surface area (Å²) < 4.78 is 3.08. The van der Waals surface area contributed by atoms with Crippen molar-refractivity contribution in [1.29, 1.82) is 0 Å². The maximum atomic E-state index is 11.3. The fourth-order valence-corrected chi connectivity index (χ4v) is 4.49. The molecule has 4 aromatic rings. The number of nitrogens with one attached hydrogen (secondary N) is 1. The van der Waals surface area contributed by atoms with Crippen molar-refractivity contribution < 1.29 is 9.90 Å². The third-order valence-corrected chi connectivity index (χ3v) is 6.04. The molecule has 4 rings (SSSR count). The molecule has 0 aliphatic carbocycles. The standard InChI is InChI=1S/C18H12ClN3O2S2/c1-9-4-2-3-5-11(9)16-20-21-18(25)22(16)10-6-7-12-13(8-10)26-15(14(12)19)17(23)24/h2-8H,1H3,(H,21,25)(H,23,24). The predicted octanol–water partition coefficient (Wildman–Crippen LogP) is 5.47. The zero-order valence-electron chi connectivity index (χ0n) is 13.5. The molecule has 0 aliphatic rings. The van der Waals surface area contributed by atoms with Gasteiger partial charge in [-0.1, -0.05) is 35.9 Å². The fraction of sp³-hybridized carbons (Fsp3) is 0.0556. The van der Waals surface area contributed by atoms with E-state index in [2.05, 4.69) is 10.2 Å². The minimum Gasteiger partial charge on any atom is -0.477 e. The van der Waals surface area contributed by atoms with E-state index in [-0.39, 0.29) is 9.90 Å². The van der Waals surface area contributed by atoms with Crippen LogP contribution < -0.4 is 0 Å². The van der Waals surface area contributed by atoms with Gasteiger partial charge in [-0.15, -0.1) is 11.3 Å². The van der Waals surface area contributed by atoms with Crippen LogP contribution in [0.25, 0.3) is 27.2 Å². The summed E-state index contributed by atoms with van der Waals surface area (Å²) in [5.41, 5.74) is 2.84. The summed E-state index contributed by atoms with van der Waals surface area (Å²) in [7, 11) is 0. The number of nitrogens with zero attached hydrogens (tertiary/aromatic N) is 2. The number of aryl methyl sites for hydroxylation is 1. The van der Waals surface area contributed by atoms with Gasteiger partial charge in [0.25, 0.3) is 0 Å². The summed E-state index contributed by atoms with van der Waals surface area (Å²) >= 11 is 12.8. The van der Waals surface area contributed by atoms with E-state index in [1.54, 1.807) is 0 Å². The first-order chi connectivity index (χ1) is 12.5. The Morgan fingerprint density at radius 3 is 2.81 bits per heavy atom. The zero-order valence-corrected chi connectivity index (χ0v) is 15.9. The highest BCUT2D eigenvalue weighted by atomic mass is 35.5. The molecule has 0 fully saturated rings. The molecular weight excluding hydrogens is 390 g/mol. The van der Waals surface area contributed by atoms with E-state index in [9.17, 15) is 9.90 Å². The molecule has 2 heterocycles. The zero-order chi connectivity index (χ0) is 18.4. The Kier molecular flexibility index (Phi) is 4.14. The van der Waals surface area contributed by atoms with Crippen molar-refractivity contribution in [2.24, 2.45) is 0 Å². The van der Waals surface area contributed by atoms with Crippen molar-refractivity contribution in [1.82, 2.24) is 14.8 Å². The Morgan fingerprint density at radius 2 is 2.08 bits per heavy atom. The fourth-order valence-electron chi connectivity index (χ4n) is 2.87. The number of carboxylic acids is 1. The van der Waals surface area contributed by atoms with Crippen molar-refractivity contribution in [3.05, 3.63) is 62.7 Å². The van der Waals surface area contributed by atoms with Gasteiger partial charge >= 0.3 is 5.97 Å². The largest absolute Gasteiger partial charge is 0.477 e. The van der Waals surface area contributed by atoms with Crippen LogP contribution in [0.3, 0.4) is 0 Å². The molecule has 2 aromatic carbocycles. The Balaban J connectivity index is 1.94. The van der Waals surface area contributed by atoms with Gasteiger partial charge in [-0.3, -0.25) is 9.67 Å². The summed E-state index contributed by atoms with van der Waals surface area (Å²) in [5.74, 6) is -0.327. The smallest absolute Gasteiger partial charge is 0.347 e. The number of fused-ring (bicyclic) bond motifs is 1. The molecule has 0 atom stereocenters. The number of carbonyl (C=O) groups is 1. The highest BCUT2D eigenvalue weighted by molar-refractivity contribution is 7.71. The van der Waals surface area contributed by atoms with Crippen molar-refractivity contribution in [3.8, 4) is 17.1 Å². The van der Waals surface area contributed by atoms with Crippen LogP contribution in [-0.4, -0.2) is 25.8 Å². The highest BCUT2D eigenvalue weighted by Crippen LogP contribution is 2.37. The van der Waals surface area contributed by atoms with E-state index in [1.165, 1.54) is 0 Å². The second-order valence-electron chi connectivity index (χ2n) is 5.73. The molecule has 0 saturated carbocycles. The number of carboxylic acid groups (broad SMARTS) is 1. The molecule has 0 aliphatic heterocycles. The molecule has 0 saturated heterocycles. The average Bonchev–Trinajstić information content (AvgIpc) is 3.15. The van der Waals surface area contributed by atoms with Crippen LogP contribution in [0.2, 0.25) is 5.02 Å². The number of thiophene rings is 1.